The summed E-state index contributed by atoms with van der Waals surface area (Å²) in [5.41, 5.74) is -0.583. The molecule has 1 rings (SSSR count). The Bertz CT molecular complexity index is 279. The molecule has 18 heavy (non-hydrogen) atoms. The molecule has 4 nitrogen and oxygen atoms in total. The van der Waals surface area contributed by atoms with Gasteiger partial charge in [-0.1, -0.05) is 6.92 Å². The van der Waals surface area contributed by atoms with Crippen LogP contribution in [-0.4, -0.2) is 49.7 Å². The summed E-state index contributed by atoms with van der Waals surface area (Å²) in [4.78, 5) is 14.3. The van der Waals surface area contributed by atoms with Crippen molar-refractivity contribution in [3.05, 3.63) is 0 Å². The molecule has 106 valence electrons. The fourth-order valence-electron chi connectivity index (χ4n) is 2.48. The van der Waals surface area contributed by atoms with Crippen molar-refractivity contribution in [3.8, 4) is 0 Å². The van der Waals surface area contributed by atoms with E-state index >= 15 is 0 Å². The average molecular weight is 256 g/mol. The van der Waals surface area contributed by atoms with E-state index in [4.69, 9.17) is 4.74 Å². The van der Waals surface area contributed by atoms with Gasteiger partial charge in [0.05, 0.1) is 7.11 Å². The number of hydrogen-bond donors (Lipinski definition) is 1. The van der Waals surface area contributed by atoms with Gasteiger partial charge in [0.2, 0.25) is 0 Å². The Morgan fingerprint density at radius 3 is 2.61 bits per heavy atom. The highest BCUT2D eigenvalue weighted by Crippen LogP contribution is 2.30. The van der Waals surface area contributed by atoms with Crippen LogP contribution in [0.4, 0.5) is 0 Å². The number of ether oxygens (including phenoxy) is 1. The first-order chi connectivity index (χ1) is 8.42. The van der Waals surface area contributed by atoms with Crippen molar-refractivity contribution in [1.29, 1.82) is 0 Å². The molecular formula is C14H28N2O2. The summed E-state index contributed by atoms with van der Waals surface area (Å²) in [6.45, 7) is 8.04. The minimum absolute atomic E-state index is 0.170. The van der Waals surface area contributed by atoms with E-state index < -0.39 is 5.54 Å². The van der Waals surface area contributed by atoms with Gasteiger partial charge >= 0.3 is 5.97 Å². The van der Waals surface area contributed by atoms with Crippen LogP contribution in [0.25, 0.3) is 0 Å². The molecular weight excluding hydrogens is 228 g/mol. The van der Waals surface area contributed by atoms with Crippen LogP contribution in [-0.2, 0) is 9.53 Å². The molecule has 0 saturated heterocycles. The molecule has 0 radical (unpaired) electrons. The van der Waals surface area contributed by atoms with Crippen molar-refractivity contribution in [2.75, 3.05) is 27.2 Å². The number of rotatable bonds is 8. The minimum Gasteiger partial charge on any atom is -0.468 e. The van der Waals surface area contributed by atoms with E-state index in [-0.39, 0.29) is 5.97 Å². The lowest BCUT2D eigenvalue weighted by Crippen LogP contribution is -2.53. The van der Waals surface area contributed by atoms with Gasteiger partial charge in [0.1, 0.15) is 5.54 Å². The maximum absolute atomic E-state index is 11.9. The minimum atomic E-state index is -0.583. The van der Waals surface area contributed by atoms with Crippen molar-refractivity contribution >= 4 is 5.97 Å². The summed E-state index contributed by atoms with van der Waals surface area (Å²) in [6.07, 6.45) is 3.49. The van der Waals surface area contributed by atoms with Gasteiger partial charge in [-0.25, -0.2) is 0 Å². The third-order valence-electron chi connectivity index (χ3n) is 3.90. The third-order valence-corrected chi connectivity index (χ3v) is 3.90. The Labute approximate surface area is 111 Å². The second-order valence-electron chi connectivity index (χ2n) is 5.79. The molecule has 1 N–H and O–H groups in total. The lowest BCUT2D eigenvalue weighted by molar-refractivity contribution is -0.148. The van der Waals surface area contributed by atoms with Crippen LogP contribution in [0.2, 0.25) is 0 Å². The number of esters is 1. The molecule has 0 spiro atoms. The predicted molar refractivity (Wildman–Crippen MR) is 73.5 cm³/mol. The van der Waals surface area contributed by atoms with Crippen LogP contribution >= 0.6 is 0 Å². The number of nitrogens with zero attached hydrogens (tertiary/aromatic N) is 1. The largest absolute Gasteiger partial charge is 0.468 e. The van der Waals surface area contributed by atoms with Crippen LogP contribution in [0, 0.1) is 5.92 Å². The van der Waals surface area contributed by atoms with E-state index in [1.54, 1.807) is 0 Å². The molecule has 2 unspecified atom stereocenters. The van der Waals surface area contributed by atoms with E-state index in [1.165, 1.54) is 20.0 Å². The van der Waals surface area contributed by atoms with Gasteiger partial charge in [0, 0.05) is 12.6 Å². The van der Waals surface area contributed by atoms with Crippen LogP contribution < -0.4 is 5.32 Å². The Balaban J connectivity index is 2.54. The number of nitrogens with one attached hydrogen (secondary N) is 1. The summed E-state index contributed by atoms with van der Waals surface area (Å²) in [5, 5.41) is 3.26. The first-order valence-corrected chi connectivity index (χ1v) is 6.96. The van der Waals surface area contributed by atoms with E-state index in [2.05, 4.69) is 24.2 Å². The predicted octanol–water partition coefficient (Wildman–Crippen LogP) is 1.65. The first kappa shape index (κ1) is 15.4. The smallest absolute Gasteiger partial charge is 0.325 e. The molecule has 0 amide bonds. The van der Waals surface area contributed by atoms with Crippen molar-refractivity contribution in [2.24, 2.45) is 5.92 Å². The summed E-state index contributed by atoms with van der Waals surface area (Å²) in [6, 6.07) is 0.369. The molecule has 0 aromatic heterocycles. The topological polar surface area (TPSA) is 41.6 Å². The number of carbonyl (C=O) groups is 1. The van der Waals surface area contributed by atoms with Gasteiger partial charge in [0.15, 0.2) is 0 Å². The zero-order chi connectivity index (χ0) is 13.8. The molecule has 1 fully saturated rings. The van der Waals surface area contributed by atoms with Crippen molar-refractivity contribution < 1.29 is 9.53 Å². The van der Waals surface area contributed by atoms with Gasteiger partial charge in [0.25, 0.3) is 0 Å². The maximum Gasteiger partial charge on any atom is 0.325 e. The maximum atomic E-state index is 11.9. The van der Waals surface area contributed by atoms with Crippen molar-refractivity contribution in [1.82, 2.24) is 10.2 Å². The summed E-state index contributed by atoms with van der Waals surface area (Å²) in [7, 11) is 3.60. The zero-order valence-electron chi connectivity index (χ0n) is 12.5. The molecule has 2 atom stereocenters. The SMILES string of the molecule is CCNC(C)(CC(C)N(C)CC1CC1)C(=O)OC. The van der Waals surface area contributed by atoms with E-state index in [0.717, 1.165) is 25.4 Å². The van der Waals surface area contributed by atoms with Gasteiger partial charge in [-0.05, 0) is 52.6 Å². The normalized spacial score (nSPS) is 20.6. The highest BCUT2D eigenvalue weighted by atomic mass is 16.5. The van der Waals surface area contributed by atoms with Crippen LogP contribution in [0.1, 0.15) is 40.0 Å². The molecule has 4 heteroatoms. The Morgan fingerprint density at radius 2 is 2.17 bits per heavy atom. The molecule has 1 aliphatic rings. The van der Waals surface area contributed by atoms with Crippen LogP contribution in [0.15, 0.2) is 0 Å². The number of likely N-dealkylation sites (N-methyl/N-ethyl adjacent to an activating group) is 1. The zero-order valence-corrected chi connectivity index (χ0v) is 12.5. The highest BCUT2D eigenvalue weighted by Gasteiger charge is 2.36. The summed E-state index contributed by atoms with van der Waals surface area (Å²) >= 11 is 0. The van der Waals surface area contributed by atoms with Crippen LogP contribution in [0.3, 0.4) is 0 Å². The summed E-state index contributed by atoms with van der Waals surface area (Å²) in [5.74, 6) is 0.706. The first-order valence-electron chi connectivity index (χ1n) is 6.96. The lowest BCUT2D eigenvalue weighted by Gasteiger charge is -2.34. The Kier molecular flexibility index (Phi) is 5.60. The summed E-state index contributed by atoms with van der Waals surface area (Å²) < 4.78 is 4.92. The molecule has 0 heterocycles. The number of carbonyl (C=O) groups excluding carboxylic acids is 1. The standard InChI is InChI=1S/C14H28N2O2/c1-6-15-14(3,13(17)18-5)9-11(2)16(4)10-12-7-8-12/h11-12,15H,6-10H2,1-5H3. The van der Waals surface area contributed by atoms with Gasteiger partial charge in [-0.2, -0.15) is 0 Å². The quantitative estimate of drug-likeness (QED) is 0.671. The van der Waals surface area contributed by atoms with Crippen molar-refractivity contribution in [3.63, 3.8) is 0 Å². The lowest BCUT2D eigenvalue weighted by atomic mass is 9.92. The van der Waals surface area contributed by atoms with E-state index in [9.17, 15) is 4.79 Å². The molecule has 1 aliphatic carbocycles. The van der Waals surface area contributed by atoms with Gasteiger partial charge in [-0.15, -0.1) is 0 Å². The fraction of sp³-hybridized carbons (Fsp3) is 0.929. The Morgan fingerprint density at radius 1 is 1.56 bits per heavy atom. The fourth-order valence-corrected chi connectivity index (χ4v) is 2.48. The van der Waals surface area contributed by atoms with Gasteiger partial charge in [-0.3, -0.25) is 4.79 Å². The molecule has 0 aromatic rings. The second-order valence-corrected chi connectivity index (χ2v) is 5.79. The second kappa shape index (κ2) is 6.53. The van der Waals surface area contributed by atoms with Gasteiger partial charge < -0.3 is 15.0 Å². The molecule has 0 aliphatic heterocycles. The highest BCUT2D eigenvalue weighted by molar-refractivity contribution is 5.80. The van der Waals surface area contributed by atoms with E-state index in [1.807, 2.05) is 13.8 Å². The Hall–Kier alpha value is -0.610. The molecule has 1 saturated carbocycles. The third kappa shape index (κ3) is 4.25. The van der Waals surface area contributed by atoms with E-state index in [0.29, 0.717) is 6.04 Å². The average Bonchev–Trinajstić information content (AvgIpc) is 3.11. The van der Waals surface area contributed by atoms with Crippen LogP contribution in [0.5, 0.6) is 0 Å². The number of methoxy groups -OCH3 is 1. The van der Waals surface area contributed by atoms with Crippen molar-refractivity contribution in [2.45, 2.75) is 51.6 Å². The monoisotopic (exact) mass is 256 g/mol. The molecule has 0 aromatic carbocycles. The molecule has 0 bridgehead atoms. The number of hydrogen-bond acceptors (Lipinski definition) is 4.